The first-order valence-electron chi connectivity index (χ1n) is 5.03. The number of pyridine rings is 1. The molecule has 0 fully saturated rings. The molecule has 0 saturated heterocycles. The van der Waals surface area contributed by atoms with Crippen LogP contribution in [-0.2, 0) is 9.47 Å². The van der Waals surface area contributed by atoms with Gasteiger partial charge in [0.25, 0.3) is 0 Å². The van der Waals surface area contributed by atoms with Crippen molar-refractivity contribution in [1.29, 1.82) is 0 Å². The van der Waals surface area contributed by atoms with Crippen molar-refractivity contribution < 1.29 is 14.4 Å². The Balaban J connectivity index is 2.48. The molecule has 94 valence electrons. The molecule has 0 aliphatic carbocycles. The van der Waals surface area contributed by atoms with Gasteiger partial charge in [0.15, 0.2) is 6.20 Å². The number of nitrogens with one attached hydrogen (secondary N) is 1. The molecule has 7 heteroatoms. The summed E-state index contributed by atoms with van der Waals surface area (Å²) < 4.78 is 10.1. The molecule has 0 spiro atoms. The predicted molar refractivity (Wildman–Crippen MR) is 62.1 cm³/mol. The third-order valence-electron chi connectivity index (χ3n) is 2.15. The minimum absolute atomic E-state index is 0.0739. The largest absolute Gasteiger partial charge is 0.382 e. The summed E-state index contributed by atoms with van der Waals surface area (Å²) >= 11 is 0. The standard InChI is InChI=1S/C10H15N3O4/c1-16-7-9(17-2)6-11-8-3-4-10(12-5-8)13(14)15/h3-5,9,11H,6-7H2,1-2H3. The number of anilines is 1. The van der Waals surface area contributed by atoms with Crippen LogP contribution in [0.2, 0.25) is 0 Å². The van der Waals surface area contributed by atoms with Crippen molar-refractivity contribution in [1.82, 2.24) is 4.98 Å². The number of nitro groups is 1. The first-order valence-corrected chi connectivity index (χ1v) is 5.03. The van der Waals surface area contributed by atoms with E-state index in [1.807, 2.05) is 0 Å². The van der Waals surface area contributed by atoms with Crippen LogP contribution in [0.25, 0.3) is 0 Å². The molecule has 0 aliphatic rings. The second kappa shape index (κ2) is 6.77. The van der Waals surface area contributed by atoms with Crippen molar-refractivity contribution >= 4 is 11.5 Å². The van der Waals surface area contributed by atoms with Gasteiger partial charge in [-0.05, 0) is 16.0 Å². The first-order chi connectivity index (χ1) is 8.17. The maximum atomic E-state index is 10.4. The Morgan fingerprint density at radius 1 is 1.53 bits per heavy atom. The molecule has 1 N–H and O–H groups in total. The van der Waals surface area contributed by atoms with Crippen LogP contribution in [0.15, 0.2) is 18.3 Å². The van der Waals surface area contributed by atoms with E-state index < -0.39 is 4.92 Å². The average Bonchev–Trinajstić information content (AvgIpc) is 2.35. The van der Waals surface area contributed by atoms with Crippen molar-refractivity contribution in [3.63, 3.8) is 0 Å². The smallest absolute Gasteiger partial charge is 0.363 e. The number of aromatic nitrogens is 1. The lowest BCUT2D eigenvalue weighted by Gasteiger charge is -2.14. The predicted octanol–water partition coefficient (Wildman–Crippen LogP) is 1.06. The molecular weight excluding hydrogens is 226 g/mol. The van der Waals surface area contributed by atoms with Gasteiger partial charge in [-0.2, -0.15) is 0 Å². The highest BCUT2D eigenvalue weighted by atomic mass is 16.6. The second-order valence-electron chi connectivity index (χ2n) is 3.36. The lowest BCUT2D eigenvalue weighted by Crippen LogP contribution is -2.26. The monoisotopic (exact) mass is 241 g/mol. The second-order valence-corrected chi connectivity index (χ2v) is 3.36. The van der Waals surface area contributed by atoms with Gasteiger partial charge < -0.3 is 24.9 Å². The highest BCUT2D eigenvalue weighted by Gasteiger charge is 2.09. The molecule has 1 atom stereocenters. The van der Waals surface area contributed by atoms with E-state index in [0.717, 1.165) is 0 Å². The van der Waals surface area contributed by atoms with Crippen LogP contribution in [0.1, 0.15) is 0 Å². The summed E-state index contributed by atoms with van der Waals surface area (Å²) in [5, 5.41) is 13.5. The quantitative estimate of drug-likeness (QED) is 0.567. The number of ether oxygens (including phenoxy) is 2. The molecular formula is C10H15N3O4. The average molecular weight is 241 g/mol. The Bertz CT molecular complexity index is 355. The summed E-state index contributed by atoms with van der Waals surface area (Å²) in [6.45, 7) is 1.02. The van der Waals surface area contributed by atoms with Crippen LogP contribution in [0, 0.1) is 10.1 Å². The molecule has 0 saturated carbocycles. The molecule has 0 radical (unpaired) electrons. The van der Waals surface area contributed by atoms with Crippen molar-refractivity contribution in [3.05, 3.63) is 28.4 Å². The summed E-state index contributed by atoms with van der Waals surface area (Å²) in [6.07, 6.45) is 1.34. The molecule has 1 aromatic rings. The van der Waals surface area contributed by atoms with Crippen molar-refractivity contribution in [3.8, 4) is 0 Å². The molecule has 17 heavy (non-hydrogen) atoms. The van der Waals surface area contributed by atoms with Crippen LogP contribution in [0.4, 0.5) is 11.5 Å². The van der Waals surface area contributed by atoms with Gasteiger partial charge >= 0.3 is 5.82 Å². The van der Waals surface area contributed by atoms with Gasteiger partial charge in [0.1, 0.15) is 0 Å². The topological polar surface area (TPSA) is 86.5 Å². The van der Waals surface area contributed by atoms with E-state index in [4.69, 9.17) is 9.47 Å². The van der Waals surface area contributed by atoms with Crippen LogP contribution >= 0.6 is 0 Å². The van der Waals surface area contributed by atoms with Gasteiger partial charge in [-0.3, -0.25) is 0 Å². The van der Waals surface area contributed by atoms with Gasteiger partial charge in [-0.25, -0.2) is 0 Å². The van der Waals surface area contributed by atoms with E-state index in [1.165, 1.54) is 12.3 Å². The number of nitrogens with zero attached hydrogens (tertiary/aromatic N) is 2. The molecule has 7 nitrogen and oxygen atoms in total. The zero-order valence-electron chi connectivity index (χ0n) is 9.75. The van der Waals surface area contributed by atoms with Crippen LogP contribution in [-0.4, -0.2) is 43.4 Å². The van der Waals surface area contributed by atoms with Gasteiger partial charge in [0, 0.05) is 26.8 Å². The van der Waals surface area contributed by atoms with Crippen molar-refractivity contribution in [2.24, 2.45) is 0 Å². The Labute approximate surface area is 98.9 Å². The fraction of sp³-hybridized carbons (Fsp3) is 0.500. The highest BCUT2D eigenvalue weighted by Crippen LogP contribution is 2.11. The van der Waals surface area contributed by atoms with Crippen LogP contribution < -0.4 is 5.32 Å². The molecule has 0 aromatic carbocycles. The zero-order valence-corrected chi connectivity index (χ0v) is 9.75. The molecule has 1 aromatic heterocycles. The minimum Gasteiger partial charge on any atom is -0.382 e. The number of hydrogen-bond donors (Lipinski definition) is 1. The molecule has 0 bridgehead atoms. The van der Waals surface area contributed by atoms with Crippen LogP contribution in [0.3, 0.4) is 0 Å². The summed E-state index contributed by atoms with van der Waals surface area (Å²) in [7, 11) is 3.19. The normalized spacial score (nSPS) is 12.1. The molecule has 1 heterocycles. The Hall–Kier alpha value is -1.73. The van der Waals surface area contributed by atoms with Crippen molar-refractivity contribution in [2.75, 3.05) is 32.7 Å². The van der Waals surface area contributed by atoms with Crippen LogP contribution in [0.5, 0.6) is 0 Å². The summed E-state index contributed by atoms with van der Waals surface area (Å²) in [6, 6.07) is 2.95. The molecule has 1 rings (SSSR count). The Morgan fingerprint density at radius 2 is 2.29 bits per heavy atom. The zero-order chi connectivity index (χ0) is 12.7. The number of methoxy groups -OCH3 is 2. The third-order valence-corrected chi connectivity index (χ3v) is 2.15. The fourth-order valence-corrected chi connectivity index (χ4v) is 1.23. The maximum absolute atomic E-state index is 10.4. The van der Waals surface area contributed by atoms with E-state index in [0.29, 0.717) is 18.8 Å². The van der Waals surface area contributed by atoms with E-state index in [1.54, 1.807) is 20.3 Å². The maximum Gasteiger partial charge on any atom is 0.363 e. The van der Waals surface area contributed by atoms with Gasteiger partial charge in [-0.15, -0.1) is 0 Å². The van der Waals surface area contributed by atoms with Gasteiger partial charge in [0.05, 0.1) is 18.4 Å². The van der Waals surface area contributed by atoms with E-state index in [9.17, 15) is 10.1 Å². The Morgan fingerprint density at radius 3 is 2.76 bits per heavy atom. The van der Waals surface area contributed by atoms with E-state index in [-0.39, 0.29) is 11.9 Å². The summed E-state index contributed by atoms with van der Waals surface area (Å²) in [5.41, 5.74) is 0.703. The summed E-state index contributed by atoms with van der Waals surface area (Å²) in [4.78, 5) is 13.6. The van der Waals surface area contributed by atoms with Gasteiger partial charge in [0.2, 0.25) is 0 Å². The van der Waals surface area contributed by atoms with Crippen molar-refractivity contribution in [2.45, 2.75) is 6.10 Å². The Kier molecular flexibility index (Phi) is 5.31. The lowest BCUT2D eigenvalue weighted by molar-refractivity contribution is -0.389. The molecule has 0 aliphatic heterocycles. The number of hydrogen-bond acceptors (Lipinski definition) is 6. The SMILES string of the molecule is COCC(CNc1ccc([N+](=O)[O-])nc1)OC. The number of rotatable bonds is 7. The molecule has 1 unspecified atom stereocenters. The first kappa shape index (κ1) is 13.3. The minimum atomic E-state index is -0.535. The van der Waals surface area contributed by atoms with E-state index >= 15 is 0 Å². The highest BCUT2D eigenvalue weighted by molar-refractivity contribution is 5.43. The third kappa shape index (κ3) is 4.33. The molecule has 0 amide bonds. The summed E-state index contributed by atoms with van der Waals surface area (Å²) in [5.74, 6) is -0.171. The lowest BCUT2D eigenvalue weighted by atomic mass is 10.3. The van der Waals surface area contributed by atoms with Gasteiger partial charge in [-0.1, -0.05) is 0 Å². The fourth-order valence-electron chi connectivity index (χ4n) is 1.23. The van der Waals surface area contributed by atoms with E-state index in [2.05, 4.69) is 10.3 Å².